The van der Waals surface area contributed by atoms with Crippen molar-refractivity contribution in [3.63, 3.8) is 0 Å². The van der Waals surface area contributed by atoms with E-state index in [1.807, 2.05) is 0 Å². The minimum Gasteiger partial charge on any atom is -0.321 e. The van der Waals surface area contributed by atoms with Gasteiger partial charge in [0.05, 0.1) is 10.2 Å². The smallest absolute Gasteiger partial charge is 0.264 e. The van der Waals surface area contributed by atoms with Crippen LogP contribution in [-0.4, -0.2) is 16.3 Å². The van der Waals surface area contributed by atoms with E-state index in [-0.39, 0.29) is 17.2 Å². The van der Waals surface area contributed by atoms with Gasteiger partial charge in [0.15, 0.2) is 5.78 Å². The van der Waals surface area contributed by atoms with E-state index in [9.17, 15) is 14.4 Å². The summed E-state index contributed by atoms with van der Waals surface area (Å²) in [7, 11) is 1.60. The Hall–Kier alpha value is -2.21. The number of ketones is 1. The second-order valence-electron chi connectivity index (χ2n) is 4.58. The number of amides is 1. The zero-order valence-corrected chi connectivity index (χ0v) is 13.1. The third-order valence-electron chi connectivity index (χ3n) is 2.95. The number of carbonyl (C=O) groups is 2. The van der Waals surface area contributed by atoms with Crippen molar-refractivity contribution in [3.05, 3.63) is 62.5 Å². The fourth-order valence-corrected chi connectivity index (χ4v) is 2.33. The Morgan fingerprint density at radius 3 is 2.24 bits per heavy atom. The molecule has 0 aliphatic heterocycles. The van der Waals surface area contributed by atoms with Gasteiger partial charge in [-0.15, -0.1) is 0 Å². The number of Topliss-reactive ketones (excluding diaryl/α,β-unsaturated/α-hetero) is 1. The predicted octanol–water partition coefficient (Wildman–Crippen LogP) is 2.60. The van der Waals surface area contributed by atoms with Crippen molar-refractivity contribution in [1.82, 2.24) is 4.57 Å². The zero-order chi connectivity index (χ0) is 15.6. The lowest BCUT2D eigenvalue weighted by molar-refractivity contribution is 0.100. The maximum atomic E-state index is 12.1. The van der Waals surface area contributed by atoms with Crippen LogP contribution in [0.3, 0.4) is 0 Å². The summed E-state index contributed by atoms with van der Waals surface area (Å²) in [6.07, 6.45) is 1.54. The van der Waals surface area contributed by atoms with Crippen LogP contribution in [-0.2, 0) is 7.05 Å². The van der Waals surface area contributed by atoms with Crippen molar-refractivity contribution < 1.29 is 9.59 Å². The van der Waals surface area contributed by atoms with Gasteiger partial charge in [0.2, 0.25) is 0 Å². The largest absolute Gasteiger partial charge is 0.321 e. The topological polar surface area (TPSA) is 68.2 Å². The summed E-state index contributed by atoms with van der Waals surface area (Å²) in [5, 5.41) is 2.70. The highest BCUT2D eigenvalue weighted by molar-refractivity contribution is 9.10. The van der Waals surface area contributed by atoms with E-state index in [0.29, 0.717) is 21.3 Å². The van der Waals surface area contributed by atoms with Crippen LogP contribution in [0.4, 0.5) is 5.69 Å². The maximum Gasteiger partial charge on any atom is 0.264 e. The molecule has 0 fully saturated rings. The second kappa shape index (κ2) is 6.05. The Labute approximate surface area is 129 Å². The fraction of sp³-hybridized carbons (Fsp3) is 0.133. The number of pyridine rings is 1. The standard InChI is InChI=1S/C15H13BrN2O3/c1-9(19)10-3-5-11(6-4-10)14(20)17-12-7-13(16)15(21)18(2)8-12/h3-8H,1-2H3,(H,17,20). The number of halogens is 1. The summed E-state index contributed by atoms with van der Waals surface area (Å²) in [5.41, 5.74) is 1.31. The highest BCUT2D eigenvalue weighted by Gasteiger charge is 2.09. The molecular formula is C15H13BrN2O3. The molecule has 0 aliphatic rings. The van der Waals surface area contributed by atoms with Crippen LogP contribution >= 0.6 is 15.9 Å². The molecule has 0 unspecified atom stereocenters. The molecule has 108 valence electrons. The third-order valence-corrected chi connectivity index (χ3v) is 3.52. The highest BCUT2D eigenvalue weighted by Crippen LogP contribution is 2.13. The van der Waals surface area contributed by atoms with Crippen molar-refractivity contribution in [2.45, 2.75) is 6.92 Å². The maximum absolute atomic E-state index is 12.1. The summed E-state index contributed by atoms with van der Waals surface area (Å²) < 4.78 is 1.74. The first-order valence-corrected chi connectivity index (χ1v) is 6.96. The van der Waals surface area contributed by atoms with Crippen LogP contribution in [0.2, 0.25) is 0 Å². The molecule has 1 amide bonds. The molecule has 1 aromatic carbocycles. The van der Waals surface area contributed by atoms with Gasteiger partial charge in [-0.3, -0.25) is 14.4 Å². The van der Waals surface area contributed by atoms with E-state index >= 15 is 0 Å². The van der Waals surface area contributed by atoms with E-state index in [1.54, 1.807) is 37.4 Å². The molecule has 1 heterocycles. The number of aryl methyl sites for hydroxylation is 1. The van der Waals surface area contributed by atoms with Gasteiger partial charge in [0.25, 0.3) is 11.5 Å². The Kier molecular flexibility index (Phi) is 4.37. The average Bonchev–Trinajstić information content (AvgIpc) is 2.44. The van der Waals surface area contributed by atoms with Crippen LogP contribution in [0.1, 0.15) is 27.6 Å². The quantitative estimate of drug-likeness (QED) is 0.866. The van der Waals surface area contributed by atoms with Crippen LogP contribution < -0.4 is 10.9 Å². The number of anilines is 1. The second-order valence-corrected chi connectivity index (χ2v) is 5.43. The van der Waals surface area contributed by atoms with Gasteiger partial charge in [-0.2, -0.15) is 0 Å². The van der Waals surface area contributed by atoms with Crippen LogP contribution in [0.15, 0.2) is 45.8 Å². The van der Waals surface area contributed by atoms with E-state index in [1.165, 1.54) is 17.7 Å². The summed E-state index contributed by atoms with van der Waals surface area (Å²) in [6, 6.07) is 7.93. The van der Waals surface area contributed by atoms with Crippen molar-refractivity contribution in [2.75, 3.05) is 5.32 Å². The molecule has 0 aliphatic carbocycles. The summed E-state index contributed by atoms with van der Waals surface area (Å²) in [5.74, 6) is -0.361. The lowest BCUT2D eigenvalue weighted by Gasteiger charge is -2.08. The molecule has 0 spiro atoms. The third kappa shape index (κ3) is 3.46. The van der Waals surface area contributed by atoms with E-state index in [0.717, 1.165) is 0 Å². The molecule has 21 heavy (non-hydrogen) atoms. The molecule has 1 aromatic heterocycles. The van der Waals surface area contributed by atoms with Crippen molar-refractivity contribution >= 4 is 33.3 Å². The molecule has 2 aromatic rings. The van der Waals surface area contributed by atoms with Crippen LogP contribution in [0.25, 0.3) is 0 Å². The molecule has 2 rings (SSSR count). The monoisotopic (exact) mass is 348 g/mol. The molecule has 6 heteroatoms. The van der Waals surface area contributed by atoms with Gasteiger partial charge in [-0.1, -0.05) is 12.1 Å². The van der Waals surface area contributed by atoms with Gasteiger partial charge in [0, 0.05) is 24.4 Å². The predicted molar refractivity (Wildman–Crippen MR) is 83.8 cm³/mol. The van der Waals surface area contributed by atoms with Crippen molar-refractivity contribution in [2.24, 2.45) is 7.05 Å². The minimum absolute atomic E-state index is 0.0519. The zero-order valence-electron chi connectivity index (χ0n) is 11.5. The number of hydrogen-bond acceptors (Lipinski definition) is 3. The van der Waals surface area contributed by atoms with Crippen LogP contribution in [0, 0.1) is 0 Å². The summed E-state index contributed by atoms with van der Waals surface area (Å²) in [6.45, 7) is 1.47. The average molecular weight is 349 g/mol. The Balaban J connectivity index is 2.22. The Bertz CT molecular complexity index is 737. The number of carbonyl (C=O) groups excluding carboxylic acids is 2. The lowest BCUT2D eigenvalue weighted by Crippen LogP contribution is -2.19. The molecule has 5 nitrogen and oxygen atoms in total. The molecular weight excluding hydrogens is 336 g/mol. The first-order chi connectivity index (χ1) is 9.88. The number of nitrogens with zero attached hydrogens (tertiary/aromatic N) is 1. The van der Waals surface area contributed by atoms with Gasteiger partial charge in [-0.05, 0) is 41.1 Å². The molecule has 0 bridgehead atoms. The van der Waals surface area contributed by atoms with E-state index < -0.39 is 0 Å². The van der Waals surface area contributed by atoms with Crippen molar-refractivity contribution in [1.29, 1.82) is 0 Å². The van der Waals surface area contributed by atoms with Gasteiger partial charge in [-0.25, -0.2) is 0 Å². The lowest BCUT2D eigenvalue weighted by atomic mass is 10.1. The van der Waals surface area contributed by atoms with E-state index in [2.05, 4.69) is 21.2 Å². The summed E-state index contributed by atoms with van der Waals surface area (Å²) >= 11 is 3.15. The van der Waals surface area contributed by atoms with E-state index in [4.69, 9.17) is 0 Å². The van der Waals surface area contributed by atoms with Gasteiger partial charge in [0.1, 0.15) is 0 Å². The van der Waals surface area contributed by atoms with Gasteiger partial charge >= 0.3 is 0 Å². The minimum atomic E-state index is -0.310. The SMILES string of the molecule is CC(=O)c1ccc(C(=O)Nc2cc(Br)c(=O)n(C)c2)cc1. The first kappa shape index (κ1) is 15.2. The fourth-order valence-electron chi connectivity index (χ4n) is 1.80. The number of nitrogens with one attached hydrogen (secondary N) is 1. The van der Waals surface area contributed by atoms with Gasteiger partial charge < -0.3 is 9.88 Å². The van der Waals surface area contributed by atoms with Crippen molar-refractivity contribution in [3.8, 4) is 0 Å². The number of aromatic nitrogens is 1. The summed E-state index contributed by atoms with van der Waals surface area (Å²) in [4.78, 5) is 34.8. The number of benzene rings is 1. The Morgan fingerprint density at radius 1 is 1.14 bits per heavy atom. The first-order valence-electron chi connectivity index (χ1n) is 6.17. The Morgan fingerprint density at radius 2 is 1.71 bits per heavy atom. The highest BCUT2D eigenvalue weighted by atomic mass is 79.9. The van der Waals surface area contributed by atoms with Crippen LogP contribution in [0.5, 0.6) is 0 Å². The number of hydrogen-bond donors (Lipinski definition) is 1. The molecule has 0 radical (unpaired) electrons. The normalized spacial score (nSPS) is 10.2. The number of rotatable bonds is 3. The molecule has 1 N–H and O–H groups in total. The molecule has 0 saturated heterocycles. The molecule has 0 atom stereocenters. The molecule has 0 saturated carbocycles.